The predicted octanol–water partition coefficient (Wildman–Crippen LogP) is 1.72. The number of nitrogen functional groups attached to an aromatic ring is 1. The number of carbonyl (C=O) groups is 1. The summed E-state index contributed by atoms with van der Waals surface area (Å²) < 4.78 is 16.5. The molecule has 0 spiro atoms. The van der Waals surface area contributed by atoms with Crippen molar-refractivity contribution in [2.45, 2.75) is 31.5 Å². The lowest BCUT2D eigenvalue weighted by atomic mass is 10.2. The van der Waals surface area contributed by atoms with E-state index in [1.54, 1.807) is 7.11 Å². The van der Waals surface area contributed by atoms with E-state index in [0.29, 0.717) is 18.0 Å². The van der Waals surface area contributed by atoms with E-state index >= 15 is 0 Å². The lowest BCUT2D eigenvalue weighted by Gasteiger charge is -2.29. The van der Waals surface area contributed by atoms with Crippen LogP contribution in [0, 0.1) is 0 Å². The zero-order valence-corrected chi connectivity index (χ0v) is 16.6. The second kappa shape index (κ2) is 9.26. The van der Waals surface area contributed by atoms with Gasteiger partial charge < -0.3 is 35.7 Å². The zero-order chi connectivity index (χ0) is 20.1. The van der Waals surface area contributed by atoms with Crippen molar-refractivity contribution in [1.29, 1.82) is 0 Å². The Kier molecular flexibility index (Phi) is 6.76. The Hall–Kier alpha value is -2.30. The van der Waals surface area contributed by atoms with Crippen molar-refractivity contribution < 1.29 is 24.1 Å². The predicted molar refractivity (Wildman–Crippen MR) is 108 cm³/mol. The van der Waals surface area contributed by atoms with Gasteiger partial charge in [0.15, 0.2) is 5.13 Å². The van der Waals surface area contributed by atoms with Crippen molar-refractivity contribution in [3.8, 4) is 5.75 Å². The van der Waals surface area contributed by atoms with E-state index in [9.17, 15) is 4.79 Å². The maximum absolute atomic E-state index is 10.2. The molecule has 2 unspecified atom stereocenters. The molecular weight excluding hydrogens is 384 g/mol. The highest BCUT2D eigenvalue weighted by molar-refractivity contribution is 7.22. The SMILES string of the molecule is COc1ccc(N2CCOCC2)c2sc(N)nc12.NC(=O)OC1CCC(O)C1. The number of hydrogen-bond acceptors (Lipinski definition) is 9. The normalized spacial score (nSPS) is 21.9. The first-order valence-corrected chi connectivity index (χ1v) is 9.99. The van der Waals surface area contributed by atoms with Gasteiger partial charge in [-0.25, -0.2) is 9.78 Å². The number of aromatic nitrogens is 1. The molecule has 2 atom stereocenters. The van der Waals surface area contributed by atoms with Crippen LogP contribution in [0.1, 0.15) is 19.3 Å². The number of nitrogens with zero attached hydrogens (tertiary/aromatic N) is 2. The van der Waals surface area contributed by atoms with Crippen molar-refractivity contribution in [3.05, 3.63) is 12.1 Å². The van der Waals surface area contributed by atoms with Crippen molar-refractivity contribution >= 4 is 38.5 Å². The molecule has 2 aromatic rings. The molecule has 2 fully saturated rings. The number of benzene rings is 1. The minimum atomic E-state index is -0.751. The maximum Gasteiger partial charge on any atom is 0.404 e. The Morgan fingerprint density at radius 3 is 2.71 bits per heavy atom. The Bertz CT molecular complexity index is 809. The van der Waals surface area contributed by atoms with Crippen LogP contribution in [0.15, 0.2) is 12.1 Å². The Morgan fingerprint density at radius 1 is 1.36 bits per heavy atom. The lowest BCUT2D eigenvalue weighted by molar-refractivity contribution is 0.0965. The number of thiazole rings is 1. The molecule has 1 aromatic heterocycles. The lowest BCUT2D eigenvalue weighted by Crippen LogP contribution is -2.36. The van der Waals surface area contributed by atoms with Crippen LogP contribution in [0.5, 0.6) is 5.75 Å². The average molecular weight is 410 g/mol. The number of methoxy groups -OCH3 is 1. The molecule has 5 N–H and O–H groups in total. The van der Waals surface area contributed by atoms with Crippen LogP contribution in [0.4, 0.5) is 15.6 Å². The van der Waals surface area contributed by atoms with Crippen LogP contribution >= 0.6 is 11.3 Å². The highest BCUT2D eigenvalue weighted by Gasteiger charge is 2.25. The van der Waals surface area contributed by atoms with Crippen LogP contribution in [-0.2, 0) is 9.47 Å². The molecule has 2 aliphatic rings. The molecule has 154 valence electrons. The molecule has 4 rings (SSSR count). The third kappa shape index (κ3) is 4.94. The number of carbonyl (C=O) groups excluding carboxylic acids is 1. The van der Waals surface area contributed by atoms with Gasteiger partial charge in [0.25, 0.3) is 0 Å². The number of rotatable bonds is 3. The number of nitrogens with two attached hydrogens (primary N) is 2. The molecule has 1 aromatic carbocycles. The summed E-state index contributed by atoms with van der Waals surface area (Å²) in [5.41, 5.74) is 12.6. The molecule has 1 aliphatic heterocycles. The molecule has 1 amide bonds. The number of primary amides is 1. The topological polar surface area (TPSA) is 133 Å². The van der Waals surface area contributed by atoms with Crippen molar-refractivity contribution in [2.75, 3.05) is 44.0 Å². The molecular formula is C18H26N4O5S. The molecule has 10 heteroatoms. The van der Waals surface area contributed by atoms with Crippen LogP contribution < -0.4 is 21.1 Å². The first kappa shape index (κ1) is 20.4. The van der Waals surface area contributed by atoms with Gasteiger partial charge in [0.05, 0.1) is 36.8 Å². The summed E-state index contributed by atoms with van der Waals surface area (Å²) in [5.74, 6) is 0.773. The van der Waals surface area contributed by atoms with Crippen LogP contribution in [0.2, 0.25) is 0 Å². The molecule has 2 heterocycles. The van der Waals surface area contributed by atoms with E-state index in [0.717, 1.165) is 48.7 Å². The summed E-state index contributed by atoms with van der Waals surface area (Å²) in [6.45, 7) is 3.34. The number of morpholine rings is 1. The second-order valence-electron chi connectivity index (χ2n) is 6.64. The smallest absolute Gasteiger partial charge is 0.404 e. The summed E-state index contributed by atoms with van der Waals surface area (Å²) in [6.07, 6.45) is 0.737. The number of ether oxygens (including phenoxy) is 3. The van der Waals surface area contributed by atoms with Gasteiger partial charge in [0, 0.05) is 19.5 Å². The van der Waals surface area contributed by atoms with Gasteiger partial charge in [-0.1, -0.05) is 11.3 Å². The van der Waals surface area contributed by atoms with Crippen LogP contribution in [-0.4, -0.2) is 61.8 Å². The first-order valence-electron chi connectivity index (χ1n) is 9.17. The van der Waals surface area contributed by atoms with Crippen molar-refractivity contribution in [1.82, 2.24) is 4.98 Å². The molecule has 1 aliphatic carbocycles. The number of anilines is 2. The number of fused-ring (bicyclic) bond motifs is 1. The number of aliphatic hydroxyl groups is 1. The van der Waals surface area contributed by atoms with Gasteiger partial charge in [0.1, 0.15) is 17.4 Å². The molecule has 1 saturated heterocycles. The Balaban J connectivity index is 0.000000192. The van der Waals surface area contributed by atoms with Gasteiger partial charge in [-0.2, -0.15) is 0 Å². The quantitative estimate of drug-likeness (QED) is 0.696. The summed E-state index contributed by atoms with van der Waals surface area (Å²) in [5, 5.41) is 9.55. The average Bonchev–Trinajstić information content (AvgIpc) is 3.26. The molecule has 1 saturated carbocycles. The fourth-order valence-electron chi connectivity index (χ4n) is 3.39. The third-order valence-electron chi connectivity index (χ3n) is 4.71. The standard InChI is InChI=1S/C12H15N3O2S.C6H11NO3/c1-16-9-3-2-8(15-4-6-17-7-5-15)11-10(9)14-12(13)18-11;7-6(9)10-5-2-1-4(8)3-5/h2-3H,4-7H2,1H3,(H2,13,14);4-5,8H,1-3H2,(H2,7,9). The summed E-state index contributed by atoms with van der Waals surface area (Å²) in [6, 6.07) is 4.02. The fraction of sp³-hybridized carbons (Fsp3) is 0.556. The Labute approximate surface area is 167 Å². The maximum atomic E-state index is 10.2. The molecule has 9 nitrogen and oxygen atoms in total. The zero-order valence-electron chi connectivity index (χ0n) is 15.8. The van der Waals surface area contributed by atoms with Crippen molar-refractivity contribution in [2.24, 2.45) is 5.73 Å². The molecule has 28 heavy (non-hydrogen) atoms. The van der Waals surface area contributed by atoms with E-state index in [-0.39, 0.29) is 12.2 Å². The number of aliphatic hydroxyl groups excluding tert-OH is 1. The third-order valence-corrected chi connectivity index (χ3v) is 5.62. The van der Waals surface area contributed by atoms with Gasteiger partial charge in [-0.05, 0) is 25.0 Å². The van der Waals surface area contributed by atoms with Gasteiger partial charge in [-0.15, -0.1) is 0 Å². The van der Waals surface area contributed by atoms with E-state index in [1.807, 2.05) is 6.07 Å². The van der Waals surface area contributed by atoms with E-state index in [2.05, 4.69) is 20.7 Å². The number of hydrogen-bond donors (Lipinski definition) is 3. The van der Waals surface area contributed by atoms with Gasteiger partial charge in [0.2, 0.25) is 0 Å². The van der Waals surface area contributed by atoms with Crippen LogP contribution in [0.3, 0.4) is 0 Å². The number of amides is 1. The van der Waals surface area contributed by atoms with E-state index in [4.69, 9.17) is 26.0 Å². The second-order valence-corrected chi connectivity index (χ2v) is 7.67. The van der Waals surface area contributed by atoms with Gasteiger partial charge in [-0.3, -0.25) is 0 Å². The van der Waals surface area contributed by atoms with Crippen LogP contribution in [0.25, 0.3) is 10.2 Å². The minimum absolute atomic E-state index is 0.160. The fourth-order valence-corrected chi connectivity index (χ4v) is 4.28. The summed E-state index contributed by atoms with van der Waals surface area (Å²) in [7, 11) is 1.65. The first-order chi connectivity index (χ1) is 13.5. The van der Waals surface area contributed by atoms with Gasteiger partial charge >= 0.3 is 6.09 Å². The summed E-state index contributed by atoms with van der Waals surface area (Å²) >= 11 is 1.51. The molecule has 0 radical (unpaired) electrons. The monoisotopic (exact) mass is 410 g/mol. The molecule has 0 bridgehead atoms. The van der Waals surface area contributed by atoms with Crippen molar-refractivity contribution in [3.63, 3.8) is 0 Å². The summed E-state index contributed by atoms with van der Waals surface area (Å²) in [4.78, 5) is 16.8. The highest BCUT2D eigenvalue weighted by Crippen LogP contribution is 2.38. The minimum Gasteiger partial charge on any atom is -0.494 e. The highest BCUT2D eigenvalue weighted by atomic mass is 32.1. The van der Waals surface area contributed by atoms with E-state index in [1.165, 1.54) is 17.0 Å². The Morgan fingerprint density at radius 2 is 2.11 bits per heavy atom. The van der Waals surface area contributed by atoms with E-state index < -0.39 is 6.09 Å². The largest absolute Gasteiger partial charge is 0.494 e.